The summed E-state index contributed by atoms with van der Waals surface area (Å²) in [6.07, 6.45) is 0.430. The van der Waals surface area contributed by atoms with Crippen molar-refractivity contribution in [3.05, 3.63) is 23.8 Å². The number of aromatic nitrogens is 3. The normalized spacial score (nSPS) is 14.0. The first-order chi connectivity index (χ1) is 10.3. The number of carbonyl (C=O) groups excluding carboxylic acids is 2. The fourth-order valence-electron chi connectivity index (χ4n) is 2.62. The Balaban J connectivity index is 2.34. The van der Waals surface area contributed by atoms with Crippen molar-refractivity contribution in [1.29, 1.82) is 0 Å². The number of benzene rings is 1. The first-order valence-electron chi connectivity index (χ1n) is 7.23. The number of carbonyl (C=O) groups is 2. The molecule has 22 heavy (non-hydrogen) atoms. The van der Waals surface area contributed by atoms with Crippen molar-refractivity contribution in [3.63, 3.8) is 0 Å². The molecule has 2 amide bonds. The van der Waals surface area contributed by atoms with E-state index in [9.17, 15) is 9.59 Å². The molecule has 0 aliphatic rings. The lowest BCUT2D eigenvalue weighted by Crippen LogP contribution is -2.60. The lowest BCUT2D eigenvalue weighted by atomic mass is 9.82. The molecule has 0 radical (unpaired) electrons. The molecule has 1 aromatic carbocycles. The second kappa shape index (κ2) is 5.75. The third-order valence-corrected chi connectivity index (χ3v) is 4.19. The Morgan fingerprint density at radius 2 is 2.09 bits per heavy atom. The van der Waals surface area contributed by atoms with Crippen molar-refractivity contribution in [1.82, 2.24) is 20.3 Å². The maximum absolute atomic E-state index is 12.5. The molecule has 0 saturated heterocycles. The van der Waals surface area contributed by atoms with Crippen LogP contribution in [-0.4, -0.2) is 32.3 Å². The van der Waals surface area contributed by atoms with E-state index in [1.807, 2.05) is 20.8 Å². The predicted octanol–water partition coefficient (Wildman–Crippen LogP) is 0.988. The molecule has 0 saturated carbocycles. The molecule has 0 spiro atoms. The minimum absolute atomic E-state index is 0.112. The number of primary amides is 1. The van der Waals surface area contributed by atoms with E-state index in [1.54, 1.807) is 29.9 Å². The Bertz CT molecular complexity index is 722. The highest BCUT2D eigenvalue weighted by Gasteiger charge is 2.39. The van der Waals surface area contributed by atoms with Gasteiger partial charge in [-0.3, -0.25) is 9.59 Å². The molecule has 1 aromatic heterocycles. The molecule has 7 heteroatoms. The summed E-state index contributed by atoms with van der Waals surface area (Å²) in [5.74, 6) is -0.986. The number of hydrogen-bond acceptors (Lipinski definition) is 4. The van der Waals surface area contributed by atoms with Gasteiger partial charge in [0.2, 0.25) is 5.91 Å². The van der Waals surface area contributed by atoms with E-state index >= 15 is 0 Å². The van der Waals surface area contributed by atoms with E-state index in [1.165, 1.54) is 0 Å². The Hall–Kier alpha value is -2.44. The third-order valence-electron chi connectivity index (χ3n) is 4.19. The van der Waals surface area contributed by atoms with Gasteiger partial charge in [0, 0.05) is 12.6 Å². The van der Waals surface area contributed by atoms with Crippen LogP contribution in [0.5, 0.6) is 0 Å². The number of nitrogens with zero attached hydrogens (tertiary/aromatic N) is 3. The first kappa shape index (κ1) is 15.9. The molecular formula is C15H21N5O2. The zero-order chi connectivity index (χ0) is 16.5. The molecule has 7 nitrogen and oxygen atoms in total. The summed E-state index contributed by atoms with van der Waals surface area (Å²) in [7, 11) is 1.78. The van der Waals surface area contributed by atoms with Gasteiger partial charge < -0.3 is 11.1 Å². The molecule has 3 N–H and O–H groups in total. The summed E-state index contributed by atoms with van der Waals surface area (Å²) in [4.78, 5) is 24.4. The van der Waals surface area contributed by atoms with Crippen LogP contribution in [-0.2, 0) is 11.8 Å². The number of nitrogens with one attached hydrogen (secondary N) is 1. The largest absolute Gasteiger partial charge is 0.368 e. The van der Waals surface area contributed by atoms with E-state index in [2.05, 4.69) is 15.6 Å². The lowest BCUT2D eigenvalue weighted by Gasteiger charge is -2.34. The van der Waals surface area contributed by atoms with Gasteiger partial charge in [-0.1, -0.05) is 26.0 Å². The SMILES string of the molecule is CC[C@@](NC(=O)c1ccc2c(c1)nnn2C)(C(N)=O)C(C)C. The summed E-state index contributed by atoms with van der Waals surface area (Å²) in [5.41, 5.74) is 6.34. The van der Waals surface area contributed by atoms with Crippen LogP contribution in [0.1, 0.15) is 37.6 Å². The van der Waals surface area contributed by atoms with Gasteiger partial charge in [-0.2, -0.15) is 0 Å². The van der Waals surface area contributed by atoms with E-state index in [0.29, 0.717) is 17.5 Å². The zero-order valence-corrected chi connectivity index (χ0v) is 13.3. The predicted molar refractivity (Wildman–Crippen MR) is 83.0 cm³/mol. The first-order valence-corrected chi connectivity index (χ1v) is 7.23. The van der Waals surface area contributed by atoms with Gasteiger partial charge in [0.05, 0.1) is 5.52 Å². The summed E-state index contributed by atoms with van der Waals surface area (Å²) in [6, 6.07) is 5.11. The van der Waals surface area contributed by atoms with Crippen molar-refractivity contribution in [2.24, 2.45) is 18.7 Å². The molecule has 2 aromatic rings. The molecule has 0 bridgehead atoms. The summed E-state index contributed by atoms with van der Waals surface area (Å²) in [5, 5.41) is 10.7. The van der Waals surface area contributed by atoms with Gasteiger partial charge in [0.1, 0.15) is 11.1 Å². The molecule has 0 fully saturated rings. The summed E-state index contributed by atoms with van der Waals surface area (Å²) < 4.78 is 1.63. The van der Waals surface area contributed by atoms with Crippen LogP contribution in [0.2, 0.25) is 0 Å². The van der Waals surface area contributed by atoms with Gasteiger partial charge in [0.15, 0.2) is 0 Å². The van der Waals surface area contributed by atoms with E-state index in [4.69, 9.17) is 5.73 Å². The standard InChI is InChI=1S/C15H21N5O2/c1-5-15(9(2)3,14(16)22)17-13(21)10-6-7-12-11(8-10)18-19-20(12)4/h6-9H,5H2,1-4H3,(H2,16,22)(H,17,21)/t15-/m0/s1. The topological polar surface area (TPSA) is 103 Å². The van der Waals surface area contributed by atoms with Crippen LogP contribution in [0.25, 0.3) is 11.0 Å². The van der Waals surface area contributed by atoms with Gasteiger partial charge in [-0.15, -0.1) is 5.10 Å². The maximum atomic E-state index is 12.5. The number of amides is 2. The molecule has 0 unspecified atom stereocenters. The Morgan fingerprint density at radius 1 is 1.41 bits per heavy atom. The van der Waals surface area contributed by atoms with Crippen molar-refractivity contribution in [2.45, 2.75) is 32.7 Å². The summed E-state index contributed by atoms with van der Waals surface area (Å²) in [6.45, 7) is 5.55. The number of nitrogens with two attached hydrogens (primary N) is 1. The zero-order valence-electron chi connectivity index (χ0n) is 13.3. The van der Waals surface area contributed by atoms with Crippen LogP contribution < -0.4 is 11.1 Å². The number of hydrogen-bond donors (Lipinski definition) is 2. The van der Waals surface area contributed by atoms with Crippen LogP contribution in [0.4, 0.5) is 0 Å². The van der Waals surface area contributed by atoms with Crippen molar-refractivity contribution in [2.75, 3.05) is 0 Å². The molecule has 1 heterocycles. The molecular weight excluding hydrogens is 282 g/mol. The van der Waals surface area contributed by atoms with Crippen LogP contribution >= 0.6 is 0 Å². The average Bonchev–Trinajstić information content (AvgIpc) is 2.84. The Labute approximate surface area is 128 Å². The number of rotatable bonds is 5. The second-order valence-corrected chi connectivity index (χ2v) is 5.71. The third kappa shape index (κ3) is 2.54. The second-order valence-electron chi connectivity index (χ2n) is 5.71. The number of aryl methyl sites for hydroxylation is 1. The van der Waals surface area contributed by atoms with Crippen LogP contribution in [0.15, 0.2) is 18.2 Å². The highest BCUT2D eigenvalue weighted by Crippen LogP contribution is 2.22. The highest BCUT2D eigenvalue weighted by atomic mass is 16.2. The molecule has 0 aliphatic heterocycles. The van der Waals surface area contributed by atoms with Crippen LogP contribution in [0, 0.1) is 5.92 Å². The number of fused-ring (bicyclic) bond motifs is 1. The maximum Gasteiger partial charge on any atom is 0.252 e. The van der Waals surface area contributed by atoms with Crippen molar-refractivity contribution < 1.29 is 9.59 Å². The summed E-state index contributed by atoms with van der Waals surface area (Å²) >= 11 is 0. The van der Waals surface area contributed by atoms with Crippen molar-refractivity contribution in [3.8, 4) is 0 Å². The molecule has 118 valence electrons. The quantitative estimate of drug-likeness (QED) is 0.859. The Kier molecular flexibility index (Phi) is 4.16. The van der Waals surface area contributed by atoms with E-state index in [0.717, 1.165) is 5.52 Å². The minimum atomic E-state index is -1.06. The van der Waals surface area contributed by atoms with E-state index < -0.39 is 11.4 Å². The molecule has 1 atom stereocenters. The highest BCUT2D eigenvalue weighted by molar-refractivity contribution is 6.00. The molecule has 2 rings (SSSR count). The monoisotopic (exact) mass is 303 g/mol. The van der Waals surface area contributed by atoms with Gasteiger partial charge >= 0.3 is 0 Å². The van der Waals surface area contributed by atoms with E-state index in [-0.39, 0.29) is 11.8 Å². The van der Waals surface area contributed by atoms with Gasteiger partial charge in [0.25, 0.3) is 5.91 Å². The van der Waals surface area contributed by atoms with Gasteiger partial charge in [-0.25, -0.2) is 4.68 Å². The average molecular weight is 303 g/mol. The Morgan fingerprint density at radius 3 is 2.64 bits per heavy atom. The minimum Gasteiger partial charge on any atom is -0.368 e. The van der Waals surface area contributed by atoms with Gasteiger partial charge in [-0.05, 0) is 30.5 Å². The fraction of sp³-hybridized carbons (Fsp3) is 0.467. The van der Waals surface area contributed by atoms with Crippen molar-refractivity contribution >= 4 is 22.8 Å². The molecule has 0 aliphatic carbocycles. The van der Waals surface area contributed by atoms with Crippen LogP contribution in [0.3, 0.4) is 0 Å². The fourth-order valence-corrected chi connectivity index (χ4v) is 2.62. The lowest BCUT2D eigenvalue weighted by molar-refractivity contribution is -0.126. The smallest absolute Gasteiger partial charge is 0.252 e.